The van der Waals surface area contributed by atoms with Gasteiger partial charge in [0.2, 0.25) is 5.91 Å². The quantitative estimate of drug-likeness (QED) is 0.878. The predicted molar refractivity (Wildman–Crippen MR) is 90.6 cm³/mol. The van der Waals surface area contributed by atoms with Gasteiger partial charge in [-0.25, -0.2) is 8.42 Å². The first-order valence-corrected chi connectivity index (χ1v) is 9.44. The number of ether oxygens (including phenoxy) is 1. The highest BCUT2D eigenvalue weighted by molar-refractivity contribution is 7.91. The summed E-state index contributed by atoms with van der Waals surface area (Å²) < 4.78 is 28.5. The summed E-state index contributed by atoms with van der Waals surface area (Å²) in [6.07, 6.45) is 0.505. The number of anilines is 1. The van der Waals surface area contributed by atoms with Crippen LogP contribution in [0.15, 0.2) is 18.2 Å². The molecule has 2 atom stereocenters. The molecular weight excluding hydrogens is 316 g/mol. The van der Waals surface area contributed by atoms with E-state index in [1.54, 1.807) is 26.0 Å². The Morgan fingerprint density at radius 1 is 1.43 bits per heavy atom. The second-order valence-corrected chi connectivity index (χ2v) is 8.30. The van der Waals surface area contributed by atoms with E-state index < -0.39 is 15.9 Å². The van der Waals surface area contributed by atoms with Gasteiger partial charge in [-0.2, -0.15) is 0 Å². The molecule has 1 saturated heterocycles. The SMILES string of the molecule is COc1ccc(C)cc1N[C@H](C)C(=O)N(C)[C@H]1CCS(=O)(=O)C1. The van der Waals surface area contributed by atoms with E-state index in [0.717, 1.165) is 11.3 Å². The topological polar surface area (TPSA) is 75.7 Å². The lowest BCUT2D eigenvalue weighted by Gasteiger charge is -2.27. The third-order valence-electron chi connectivity index (χ3n) is 4.20. The molecule has 1 heterocycles. The molecule has 1 fully saturated rings. The third-order valence-corrected chi connectivity index (χ3v) is 5.95. The molecule has 1 N–H and O–H groups in total. The van der Waals surface area contributed by atoms with Gasteiger partial charge in [0.25, 0.3) is 0 Å². The van der Waals surface area contributed by atoms with Crippen LogP contribution < -0.4 is 10.1 Å². The van der Waals surface area contributed by atoms with Crippen LogP contribution in [0.2, 0.25) is 0 Å². The molecule has 0 aliphatic carbocycles. The molecule has 1 aliphatic rings. The summed E-state index contributed by atoms with van der Waals surface area (Å²) in [5.41, 5.74) is 1.81. The van der Waals surface area contributed by atoms with Gasteiger partial charge < -0.3 is 15.0 Å². The maximum Gasteiger partial charge on any atom is 0.244 e. The van der Waals surface area contributed by atoms with Crippen molar-refractivity contribution in [2.45, 2.75) is 32.4 Å². The van der Waals surface area contributed by atoms with Crippen molar-refractivity contribution in [3.8, 4) is 5.75 Å². The van der Waals surface area contributed by atoms with E-state index in [1.165, 1.54) is 0 Å². The summed E-state index contributed by atoms with van der Waals surface area (Å²) >= 11 is 0. The number of carbonyl (C=O) groups is 1. The molecular formula is C16H24N2O4S. The van der Waals surface area contributed by atoms with Crippen molar-refractivity contribution in [2.24, 2.45) is 0 Å². The summed E-state index contributed by atoms with van der Waals surface area (Å²) in [5.74, 6) is 0.746. The minimum absolute atomic E-state index is 0.0513. The molecule has 7 heteroatoms. The van der Waals surface area contributed by atoms with Crippen molar-refractivity contribution < 1.29 is 17.9 Å². The van der Waals surface area contributed by atoms with Crippen LogP contribution in [0.4, 0.5) is 5.69 Å². The Kier molecular flexibility index (Phi) is 5.19. The van der Waals surface area contributed by atoms with Crippen LogP contribution in [0, 0.1) is 6.92 Å². The smallest absolute Gasteiger partial charge is 0.244 e. The Bertz CT molecular complexity index is 687. The first kappa shape index (κ1) is 17.6. The first-order valence-electron chi connectivity index (χ1n) is 7.62. The molecule has 1 aliphatic heterocycles. The fraction of sp³-hybridized carbons (Fsp3) is 0.562. The Morgan fingerprint density at radius 2 is 2.13 bits per heavy atom. The molecule has 0 bridgehead atoms. The van der Waals surface area contributed by atoms with Gasteiger partial charge in [-0.1, -0.05) is 6.07 Å². The number of methoxy groups -OCH3 is 1. The van der Waals surface area contributed by atoms with Crippen molar-refractivity contribution >= 4 is 21.4 Å². The van der Waals surface area contributed by atoms with Crippen LogP contribution in [-0.2, 0) is 14.6 Å². The van der Waals surface area contributed by atoms with Crippen molar-refractivity contribution in [1.29, 1.82) is 0 Å². The lowest BCUT2D eigenvalue weighted by molar-refractivity contribution is -0.132. The number of hydrogen-bond donors (Lipinski definition) is 1. The van der Waals surface area contributed by atoms with Gasteiger partial charge in [0.15, 0.2) is 9.84 Å². The normalized spacial score (nSPS) is 20.8. The number of likely N-dealkylation sites (N-methyl/N-ethyl adjacent to an activating group) is 1. The van der Waals surface area contributed by atoms with E-state index in [2.05, 4.69) is 5.32 Å². The molecule has 6 nitrogen and oxygen atoms in total. The summed E-state index contributed by atoms with van der Waals surface area (Å²) in [6, 6.07) is 4.99. The van der Waals surface area contributed by atoms with Crippen molar-refractivity contribution in [3.63, 3.8) is 0 Å². The molecule has 2 rings (SSSR count). The molecule has 0 saturated carbocycles. The van der Waals surface area contributed by atoms with E-state index in [9.17, 15) is 13.2 Å². The predicted octanol–water partition coefficient (Wildman–Crippen LogP) is 1.45. The van der Waals surface area contributed by atoms with Gasteiger partial charge >= 0.3 is 0 Å². The van der Waals surface area contributed by atoms with Gasteiger partial charge in [-0.05, 0) is 38.0 Å². The number of sulfone groups is 1. The fourth-order valence-corrected chi connectivity index (χ4v) is 4.57. The number of amides is 1. The van der Waals surface area contributed by atoms with E-state index in [4.69, 9.17) is 4.74 Å². The van der Waals surface area contributed by atoms with Crippen LogP contribution in [0.25, 0.3) is 0 Å². The number of carbonyl (C=O) groups excluding carboxylic acids is 1. The first-order chi connectivity index (χ1) is 10.7. The second kappa shape index (κ2) is 6.78. The van der Waals surface area contributed by atoms with Crippen LogP contribution >= 0.6 is 0 Å². The van der Waals surface area contributed by atoms with Gasteiger partial charge in [-0.3, -0.25) is 4.79 Å². The van der Waals surface area contributed by atoms with E-state index in [-0.39, 0.29) is 23.5 Å². The summed E-state index contributed by atoms with van der Waals surface area (Å²) in [5, 5.41) is 3.16. The van der Waals surface area contributed by atoms with E-state index in [0.29, 0.717) is 12.2 Å². The molecule has 0 radical (unpaired) electrons. The standard InChI is InChI=1S/C16H24N2O4S/c1-11-5-6-15(22-4)14(9-11)17-12(2)16(19)18(3)13-7-8-23(20,21)10-13/h5-6,9,12-13,17H,7-8,10H2,1-4H3/t12-,13+/m1/s1. The van der Waals surface area contributed by atoms with Gasteiger partial charge in [0, 0.05) is 13.1 Å². The molecule has 0 unspecified atom stereocenters. The number of hydrogen-bond acceptors (Lipinski definition) is 5. The minimum Gasteiger partial charge on any atom is -0.495 e. The van der Waals surface area contributed by atoms with Crippen LogP contribution in [0.5, 0.6) is 5.75 Å². The average Bonchev–Trinajstić information content (AvgIpc) is 2.86. The van der Waals surface area contributed by atoms with Crippen LogP contribution in [-0.4, -0.2) is 57.0 Å². The molecule has 23 heavy (non-hydrogen) atoms. The van der Waals surface area contributed by atoms with Crippen LogP contribution in [0.1, 0.15) is 18.9 Å². The molecule has 0 aromatic heterocycles. The highest BCUT2D eigenvalue weighted by atomic mass is 32.2. The van der Waals surface area contributed by atoms with Crippen molar-refractivity contribution in [2.75, 3.05) is 31.0 Å². The van der Waals surface area contributed by atoms with E-state index >= 15 is 0 Å². The average molecular weight is 340 g/mol. The Morgan fingerprint density at radius 3 is 2.70 bits per heavy atom. The number of nitrogens with one attached hydrogen (secondary N) is 1. The maximum atomic E-state index is 12.6. The van der Waals surface area contributed by atoms with Gasteiger partial charge in [0.05, 0.1) is 24.3 Å². The summed E-state index contributed by atoms with van der Waals surface area (Å²) in [6.45, 7) is 3.73. The third kappa shape index (κ3) is 4.16. The maximum absolute atomic E-state index is 12.6. The number of nitrogens with zero attached hydrogens (tertiary/aromatic N) is 1. The van der Waals surface area contributed by atoms with Crippen molar-refractivity contribution in [3.05, 3.63) is 23.8 Å². The monoisotopic (exact) mass is 340 g/mol. The zero-order valence-electron chi connectivity index (χ0n) is 14.0. The van der Waals surface area contributed by atoms with Crippen molar-refractivity contribution in [1.82, 2.24) is 4.90 Å². The second-order valence-electron chi connectivity index (χ2n) is 6.08. The van der Waals surface area contributed by atoms with E-state index in [1.807, 2.05) is 25.1 Å². The Labute approximate surface area is 137 Å². The highest BCUT2D eigenvalue weighted by Crippen LogP contribution is 2.26. The fourth-order valence-electron chi connectivity index (χ4n) is 2.80. The molecule has 128 valence electrons. The zero-order chi connectivity index (χ0) is 17.2. The summed E-state index contributed by atoms with van der Waals surface area (Å²) in [4.78, 5) is 14.1. The molecule has 1 aromatic rings. The molecule has 1 aromatic carbocycles. The lowest BCUT2D eigenvalue weighted by atomic mass is 10.1. The van der Waals surface area contributed by atoms with Crippen LogP contribution in [0.3, 0.4) is 0 Å². The number of benzene rings is 1. The highest BCUT2D eigenvalue weighted by Gasteiger charge is 2.34. The Balaban J connectivity index is 2.07. The largest absolute Gasteiger partial charge is 0.495 e. The number of rotatable bonds is 5. The number of aryl methyl sites for hydroxylation is 1. The minimum atomic E-state index is -3.01. The van der Waals surface area contributed by atoms with Gasteiger partial charge in [0.1, 0.15) is 11.8 Å². The lowest BCUT2D eigenvalue weighted by Crippen LogP contribution is -2.45. The van der Waals surface area contributed by atoms with Gasteiger partial charge in [-0.15, -0.1) is 0 Å². The molecule has 0 spiro atoms. The summed E-state index contributed by atoms with van der Waals surface area (Å²) in [7, 11) is 0.238. The zero-order valence-corrected chi connectivity index (χ0v) is 14.8. The Hall–Kier alpha value is -1.76. The molecule has 1 amide bonds.